The first kappa shape index (κ1) is 25.1. The molecule has 0 aliphatic rings. The lowest BCUT2D eigenvalue weighted by atomic mass is 10.0. The van der Waals surface area contributed by atoms with Crippen LogP contribution in [0.3, 0.4) is 0 Å². The number of aromatic nitrogens is 1. The van der Waals surface area contributed by atoms with Gasteiger partial charge in [-0.1, -0.05) is 5.92 Å². The van der Waals surface area contributed by atoms with Gasteiger partial charge < -0.3 is 19.1 Å². The van der Waals surface area contributed by atoms with E-state index in [4.69, 9.17) is 9.47 Å². The summed E-state index contributed by atoms with van der Waals surface area (Å²) in [7, 11) is -2.53. The summed E-state index contributed by atoms with van der Waals surface area (Å²) in [6.07, 6.45) is -0.0199. The molecule has 9 heteroatoms. The van der Waals surface area contributed by atoms with Gasteiger partial charge in [0.1, 0.15) is 24.1 Å². The van der Waals surface area contributed by atoms with Gasteiger partial charge in [-0.05, 0) is 68.8 Å². The highest BCUT2D eigenvalue weighted by Crippen LogP contribution is 2.30. The van der Waals surface area contributed by atoms with Crippen LogP contribution in [0, 0.1) is 18.8 Å². The van der Waals surface area contributed by atoms with Crippen LogP contribution in [0.15, 0.2) is 47.4 Å². The SMILES string of the molecule is CC#CCOc1ccc(S(=O)(=O)N[C@@H](Cc2c(C)n(CC)c3ccc(OC)cc23)C(=O)O)cc1. The topological polar surface area (TPSA) is 107 Å². The van der Waals surface area contributed by atoms with Crippen LogP contribution < -0.4 is 14.2 Å². The molecular formula is C25H28N2O6S. The van der Waals surface area contributed by atoms with Gasteiger partial charge in [0, 0.05) is 29.6 Å². The molecule has 34 heavy (non-hydrogen) atoms. The Morgan fingerprint density at radius 1 is 1.18 bits per heavy atom. The number of aliphatic carboxylic acids is 1. The Hall–Kier alpha value is -3.48. The molecule has 3 aromatic rings. The van der Waals surface area contributed by atoms with Gasteiger partial charge in [-0.2, -0.15) is 4.72 Å². The molecule has 0 aliphatic heterocycles. The fraction of sp³-hybridized carbons (Fsp3) is 0.320. The Bertz CT molecular complexity index is 1350. The van der Waals surface area contributed by atoms with Crippen LogP contribution in [-0.2, 0) is 27.8 Å². The minimum absolute atomic E-state index is 0.0199. The standard InChI is InChI=1S/C25H28N2O6S/c1-5-7-14-33-18-8-11-20(12-9-18)34(30,31)26-23(25(28)29)16-21-17(3)27(6-2)24-13-10-19(32-4)15-22(21)24/h8-13,15,23,26H,6,14,16H2,1-4H3,(H,28,29)/t23-/m0/s1. The van der Waals surface area contributed by atoms with E-state index in [0.29, 0.717) is 18.0 Å². The molecule has 8 nitrogen and oxygen atoms in total. The van der Waals surface area contributed by atoms with Gasteiger partial charge in [0.15, 0.2) is 0 Å². The Kier molecular flexibility index (Phi) is 7.87. The Morgan fingerprint density at radius 3 is 2.44 bits per heavy atom. The first-order valence-electron chi connectivity index (χ1n) is 10.7. The van der Waals surface area contributed by atoms with Crippen molar-refractivity contribution in [3.8, 4) is 23.3 Å². The number of nitrogens with one attached hydrogen (secondary N) is 1. The number of carboxylic acid groups (broad SMARTS) is 1. The van der Waals surface area contributed by atoms with Crippen LogP contribution in [0.5, 0.6) is 11.5 Å². The zero-order valence-corrected chi connectivity index (χ0v) is 20.4. The van der Waals surface area contributed by atoms with Crippen molar-refractivity contribution in [3.63, 3.8) is 0 Å². The Balaban J connectivity index is 1.90. The van der Waals surface area contributed by atoms with Crippen LogP contribution in [0.1, 0.15) is 25.1 Å². The average Bonchev–Trinajstić information content (AvgIpc) is 3.08. The molecule has 0 fully saturated rings. The number of benzene rings is 2. The second-order valence-electron chi connectivity index (χ2n) is 7.59. The molecule has 3 rings (SSSR count). The number of hydrogen-bond acceptors (Lipinski definition) is 5. The highest BCUT2D eigenvalue weighted by atomic mass is 32.2. The number of nitrogens with zero attached hydrogens (tertiary/aromatic N) is 1. The van der Waals surface area contributed by atoms with Crippen molar-refractivity contribution in [1.29, 1.82) is 0 Å². The molecule has 0 bridgehead atoms. The Labute approximate surface area is 199 Å². The third-order valence-electron chi connectivity index (χ3n) is 5.60. The van der Waals surface area contributed by atoms with Gasteiger partial charge in [0.2, 0.25) is 10.0 Å². The molecule has 0 saturated carbocycles. The molecule has 180 valence electrons. The molecule has 0 radical (unpaired) electrons. The van der Waals surface area contributed by atoms with E-state index in [-0.39, 0.29) is 17.9 Å². The summed E-state index contributed by atoms with van der Waals surface area (Å²) >= 11 is 0. The molecule has 0 saturated heterocycles. The maximum Gasteiger partial charge on any atom is 0.322 e. The minimum Gasteiger partial charge on any atom is -0.497 e. The van der Waals surface area contributed by atoms with E-state index >= 15 is 0 Å². The number of ether oxygens (including phenoxy) is 2. The van der Waals surface area contributed by atoms with E-state index in [1.807, 2.05) is 32.0 Å². The number of carboxylic acids is 1. The first-order chi connectivity index (χ1) is 16.2. The van der Waals surface area contributed by atoms with Gasteiger partial charge >= 0.3 is 5.97 Å². The van der Waals surface area contributed by atoms with Crippen molar-refractivity contribution < 1.29 is 27.8 Å². The number of rotatable bonds is 10. The summed E-state index contributed by atoms with van der Waals surface area (Å²) in [4.78, 5) is 12.0. The number of methoxy groups -OCH3 is 1. The molecule has 2 N–H and O–H groups in total. The number of fused-ring (bicyclic) bond motifs is 1. The quantitative estimate of drug-likeness (QED) is 0.428. The van der Waals surface area contributed by atoms with E-state index in [9.17, 15) is 18.3 Å². The second-order valence-corrected chi connectivity index (χ2v) is 9.31. The van der Waals surface area contributed by atoms with E-state index in [1.165, 1.54) is 24.3 Å². The van der Waals surface area contributed by atoms with Crippen LogP contribution in [-0.4, -0.2) is 43.8 Å². The van der Waals surface area contributed by atoms with E-state index < -0.39 is 22.0 Å². The zero-order valence-electron chi connectivity index (χ0n) is 19.6. The summed E-state index contributed by atoms with van der Waals surface area (Å²) < 4.78 is 41.1. The van der Waals surface area contributed by atoms with E-state index in [0.717, 1.165) is 22.2 Å². The molecule has 2 aromatic carbocycles. The van der Waals surface area contributed by atoms with Crippen LogP contribution in [0.4, 0.5) is 0 Å². The molecule has 1 atom stereocenters. The van der Waals surface area contributed by atoms with Crippen LogP contribution in [0.25, 0.3) is 10.9 Å². The van der Waals surface area contributed by atoms with Crippen molar-refractivity contribution in [1.82, 2.24) is 9.29 Å². The third kappa shape index (κ3) is 5.35. The zero-order chi connectivity index (χ0) is 24.9. The van der Waals surface area contributed by atoms with E-state index in [1.54, 1.807) is 14.0 Å². The summed E-state index contributed by atoms with van der Waals surface area (Å²) in [5.74, 6) is 5.31. The molecule has 0 aliphatic carbocycles. The molecule has 1 aromatic heterocycles. The van der Waals surface area contributed by atoms with E-state index in [2.05, 4.69) is 21.1 Å². The smallest absolute Gasteiger partial charge is 0.322 e. The van der Waals surface area contributed by atoms with Gasteiger partial charge in [-0.3, -0.25) is 4.79 Å². The summed E-state index contributed by atoms with van der Waals surface area (Å²) in [6, 6.07) is 10.0. The van der Waals surface area contributed by atoms with Gasteiger partial charge in [-0.15, -0.1) is 5.92 Å². The first-order valence-corrected chi connectivity index (χ1v) is 12.2. The summed E-state index contributed by atoms with van der Waals surface area (Å²) in [6.45, 7) is 6.48. The molecule has 0 unspecified atom stereocenters. The predicted molar refractivity (Wildman–Crippen MR) is 130 cm³/mol. The highest BCUT2D eigenvalue weighted by Gasteiger charge is 2.28. The number of hydrogen-bond donors (Lipinski definition) is 2. The fourth-order valence-corrected chi connectivity index (χ4v) is 5.06. The summed E-state index contributed by atoms with van der Waals surface area (Å²) in [5, 5.41) is 10.7. The number of sulfonamides is 1. The lowest BCUT2D eigenvalue weighted by molar-refractivity contribution is -0.138. The fourth-order valence-electron chi connectivity index (χ4n) is 3.87. The van der Waals surface area contributed by atoms with Crippen molar-refractivity contribution in [2.24, 2.45) is 0 Å². The summed E-state index contributed by atoms with van der Waals surface area (Å²) in [5.41, 5.74) is 2.57. The predicted octanol–water partition coefficient (Wildman–Crippen LogP) is 3.35. The maximum atomic E-state index is 13.0. The van der Waals surface area contributed by atoms with Crippen molar-refractivity contribution in [2.75, 3.05) is 13.7 Å². The lowest BCUT2D eigenvalue weighted by Gasteiger charge is -2.16. The largest absolute Gasteiger partial charge is 0.497 e. The minimum atomic E-state index is -4.09. The third-order valence-corrected chi connectivity index (χ3v) is 7.09. The van der Waals surface area contributed by atoms with Crippen molar-refractivity contribution in [3.05, 3.63) is 53.7 Å². The van der Waals surface area contributed by atoms with Crippen LogP contribution in [0.2, 0.25) is 0 Å². The number of aryl methyl sites for hydroxylation is 1. The molecule has 0 amide bonds. The number of carbonyl (C=O) groups is 1. The van der Waals surface area contributed by atoms with Crippen LogP contribution >= 0.6 is 0 Å². The molecule has 0 spiro atoms. The lowest BCUT2D eigenvalue weighted by Crippen LogP contribution is -2.42. The monoisotopic (exact) mass is 484 g/mol. The van der Waals surface area contributed by atoms with Crippen molar-refractivity contribution in [2.45, 2.75) is 44.7 Å². The van der Waals surface area contributed by atoms with Crippen molar-refractivity contribution >= 4 is 26.9 Å². The molecular weight excluding hydrogens is 456 g/mol. The maximum absolute atomic E-state index is 13.0. The van der Waals surface area contributed by atoms with Gasteiger partial charge in [-0.25, -0.2) is 8.42 Å². The Morgan fingerprint density at radius 2 is 1.85 bits per heavy atom. The van der Waals surface area contributed by atoms with Gasteiger partial charge in [0.05, 0.1) is 12.0 Å². The normalized spacial score (nSPS) is 12.1. The average molecular weight is 485 g/mol. The van der Waals surface area contributed by atoms with Gasteiger partial charge in [0.25, 0.3) is 0 Å². The molecule has 1 heterocycles. The second kappa shape index (κ2) is 10.6. The highest BCUT2D eigenvalue weighted by molar-refractivity contribution is 7.89.